The zero-order valence-electron chi connectivity index (χ0n) is 8.15. The second kappa shape index (κ2) is 4.18. The molecule has 0 fully saturated rings. The number of nitrogens with one attached hydrogen (secondary N) is 1. The summed E-state index contributed by atoms with van der Waals surface area (Å²) in [6.07, 6.45) is 1.52. The number of nitrogens with two attached hydrogens (primary N) is 1. The number of rotatable bonds is 3. The molecule has 0 atom stereocenters. The Morgan fingerprint density at radius 1 is 1.38 bits per heavy atom. The highest BCUT2D eigenvalue weighted by atomic mass is 19.3. The standard InChI is InChI=1S/C10H9F2N3O/c11-10(12)16-7-3-1-2-6(4-7)8-5-14-15-9(8)13/h1-5,10H,(H3,13,14,15). The van der Waals surface area contributed by atoms with Gasteiger partial charge in [0.25, 0.3) is 0 Å². The van der Waals surface area contributed by atoms with Crippen molar-refractivity contribution in [3.8, 4) is 16.9 Å². The molecule has 1 aromatic heterocycles. The second-order valence-electron chi connectivity index (χ2n) is 3.10. The Hall–Kier alpha value is -2.11. The van der Waals surface area contributed by atoms with Crippen LogP contribution in [0.25, 0.3) is 11.1 Å². The van der Waals surface area contributed by atoms with Crippen molar-refractivity contribution >= 4 is 5.82 Å². The van der Waals surface area contributed by atoms with E-state index in [1.165, 1.54) is 18.3 Å². The molecule has 0 aliphatic carbocycles. The Labute approximate surface area is 90.0 Å². The van der Waals surface area contributed by atoms with Crippen molar-refractivity contribution < 1.29 is 13.5 Å². The van der Waals surface area contributed by atoms with Crippen LogP contribution in [0.3, 0.4) is 0 Å². The third-order valence-corrected chi connectivity index (χ3v) is 2.04. The molecule has 1 aromatic carbocycles. The zero-order chi connectivity index (χ0) is 11.5. The molecule has 0 unspecified atom stereocenters. The number of H-pyrrole nitrogens is 1. The van der Waals surface area contributed by atoms with Crippen molar-refractivity contribution in [1.82, 2.24) is 10.2 Å². The number of halogens is 2. The fourth-order valence-electron chi connectivity index (χ4n) is 1.37. The SMILES string of the molecule is Nc1[nH]ncc1-c1cccc(OC(F)F)c1. The van der Waals surface area contributed by atoms with Crippen molar-refractivity contribution in [2.24, 2.45) is 0 Å². The molecule has 3 N–H and O–H groups in total. The van der Waals surface area contributed by atoms with E-state index in [-0.39, 0.29) is 5.75 Å². The van der Waals surface area contributed by atoms with Gasteiger partial charge in [0, 0.05) is 5.56 Å². The molecule has 4 nitrogen and oxygen atoms in total. The molecule has 0 amide bonds. The van der Waals surface area contributed by atoms with E-state index < -0.39 is 6.61 Å². The van der Waals surface area contributed by atoms with E-state index in [4.69, 9.17) is 5.73 Å². The highest BCUT2D eigenvalue weighted by molar-refractivity contribution is 5.73. The lowest BCUT2D eigenvalue weighted by molar-refractivity contribution is -0.0498. The fourth-order valence-corrected chi connectivity index (χ4v) is 1.37. The summed E-state index contributed by atoms with van der Waals surface area (Å²) in [7, 11) is 0. The van der Waals surface area contributed by atoms with E-state index in [9.17, 15) is 8.78 Å². The van der Waals surface area contributed by atoms with Crippen molar-refractivity contribution in [2.45, 2.75) is 6.61 Å². The van der Waals surface area contributed by atoms with E-state index in [0.29, 0.717) is 16.9 Å². The number of benzene rings is 1. The molecular weight excluding hydrogens is 216 g/mol. The number of anilines is 1. The Morgan fingerprint density at radius 3 is 2.81 bits per heavy atom. The number of ether oxygens (including phenoxy) is 1. The number of aromatic amines is 1. The maximum Gasteiger partial charge on any atom is 0.387 e. The number of nitrogens with zero attached hydrogens (tertiary/aromatic N) is 1. The smallest absolute Gasteiger partial charge is 0.387 e. The van der Waals surface area contributed by atoms with Crippen LogP contribution in [0.4, 0.5) is 14.6 Å². The van der Waals surface area contributed by atoms with Gasteiger partial charge in [0.15, 0.2) is 0 Å². The van der Waals surface area contributed by atoms with Gasteiger partial charge in [-0.05, 0) is 17.7 Å². The summed E-state index contributed by atoms with van der Waals surface area (Å²) < 4.78 is 28.3. The number of nitrogen functional groups attached to an aromatic ring is 1. The van der Waals surface area contributed by atoms with Crippen LogP contribution in [0.1, 0.15) is 0 Å². The minimum atomic E-state index is -2.84. The normalized spacial score (nSPS) is 10.7. The van der Waals surface area contributed by atoms with E-state index >= 15 is 0 Å². The molecule has 0 saturated carbocycles. The first-order valence-electron chi connectivity index (χ1n) is 4.51. The average molecular weight is 225 g/mol. The summed E-state index contributed by atoms with van der Waals surface area (Å²) in [4.78, 5) is 0. The van der Waals surface area contributed by atoms with Gasteiger partial charge in [0.2, 0.25) is 0 Å². The Morgan fingerprint density at radius 2 is 2.19 bits per heavy atom. The lowest BCUT2D eigenvalue weighted by Gasteiger charge is -2.05. The number of aromatic nitrogens is 2. The van der Waals surface area contributed by atoms with Crippen molar-refractivity contribution in [3.05, 3.63) is 30.5 Å². The fraction of sp³-hybridized carbons (Fsp3) is 0.100. The van der Waals surface area contributed by atoms with Crippen LogP contribution in [0, 0.1) is 0 Å². The van der Waals surface area contributed by atoms with Crippen molar-refractivity contribution in [1.29, 1.82) is 0 Å². The summed E-state index contributed by atoms with van der Waals surface area (Å²) in [5.74, 6) is 0.474. The largest absolute Gasteiger partial charge is 0.435 e. The molecule has 6 heteroatoms. The molecule has 0 radical (unpaired) electrons. The first kappa shape index (κ1) is 10.4. The molecule has 16 heavy (non-hydrogen) atoms. The first-order valence-corrected chi connectivity index (χ1v) is 4.51. The van der Waals surface area contributed by atoms with Gasteiger partial charge in [-0.1, -0.05) is 12.1 Å². The summed E-state index contributed by atoms with van der Waals surface area (Å²) in [5.41, 5.74) is 6.94. The maximum atomic E-state index is 12.0. The molecule has 0 aliphatic heterocycles. The van der Waals surface area contributed by atoms with Crippen molar-refractivity contribution in [2.75, 3.05) is 5.73 Å². The van der Waals surface area contributed by atoms with Crippen LogP contribution in [0.5, 0.6) is 5.75 Å². The Kier molecular flexibility index (Phi) is 2.72. The van der Waals surface area contributed by atoms with Gasteiger partial charge in [-0.3, -0.25) is 5.10 Å². The zero-order valence-corrected chi connectivity index (χ0v) is 8.15. The number of alkyl halides is 2. The summed E-state index contributed by atoms with van der Waals surface area (Å²) >= 11 is 0. The van der Waals surface area contributed by atoms with Gasteiger partial charge in [-0.25, -0.2) is 0 Å². The monoisotopic (exact) mass is 225 g/mol. The van der Waals surface area contributed by atoms with Gasteiger partial charge in [-0.15, -0.1) is 0 Å². The van der Waals surface area contributed by atoms with E-state index in [2.05, 4.69) is 14.9 Å². The molecule has 2 aromatic rings. The Balaban J connectivity index is 2.33. The lowest BCUT2D eigenvalue weighted by Crippen LogP contribution is -2.01. The van der Waals surface area contributed by atoms with Crippen LogP contribution >= 0.6 is 0 Å². The summed E-state index contributed by atoms with van der Waals surface area (Å²) in [5, 5.41) is 6.32. The summed E-state index contributed by atoms with van der Waals surface area (Å²) in [6, 6.07) is 6.28. The number of hydrogen-bond acceptors (Lipinski definition) is 3. The van der Waals surface area contributed by atoms with Crippen LogP contribution in [-0.2, 0) is 0 Å². The average Bonchev–Trinajstić information content (AvgIpc) is 2.64. The van der Waals surface area contributed by atoms with Gasteiger partial charge in [0.05, 0.1) is 6.20 Å². The van der Waals surface area contributed by atoms with Gasteiger partial charge >= 0.3 is 6.61 Å². The molecule has 0 saturated heterocycles. The molecular formula is C10H9F2N3O. The van der Waals surface area contributed by atoms with Crippen LogP contribution in [0.2, 0.25) is 0 Å². The van der Waals surface area contributed by atoms with Gasteiger partial charge < -0.3 is 10.5 Å². The van der Waals surface area contributed by atoms with E-state index in [1.807, 2.05) is 0 Å². The van der Waals surface area contributed by atoms with Gasteiger partial charge in [0.1, 0.15) is 11.6 Å². The van der Waals surface area contributed by atoms with E-state index in [1.54, 1.807) is 12.1 Å². The molecule has 1 heterocycles. The molecule has 0 bridgehead atoms. The van der Waals surface area contributed by atoms with Crippen LogP contribution in [0.15, 0.2) is 30.5 Å². The lowest BCUT2D eigenvalue weighted by atomic mass is 10.1. The molecule has 0 aliphatic rings. The second-order valence-corrected chi connectivity index (χ2v) is 3.10. The molecule has 84 valence electrons. The van der Waals surface area contributed by atoms with Crippen LogP contribution < -0.4 is 10.5 Å². The Bertz CT molecular complexity index is 484. The highest BCUT2D eigenvalue weighted by Gasteiger charge is 2.08. The third-order valence-electron chi connectivity index (χ3n) is 2.04. The molecule has 2 rings (SSSR count). The van der Waals surface area contributed by atoms with Gasteiger partial charge in [-0.2, -0.15) is 13.9 Å². The predicted molar refractivity (Wildman–Crippen MR) is 55.1 cm³/mol. The topological polar surface area (TPSA) is 63.9 Å². The first-order chi connectivity index (χ1) is 7.66. The number of hydrogen-bond donors (Lipinski definition) is 2. The predicted octanol–water partition coefficient (Wildman–Crippen LogP) is 2.26. The highest BCUT2D eigenvalue weighted by Crippen LogP contribution is 2.27. The van der Waals surface area contributed by atoms with Crippen LogP contribution in [-0.4, -0.2) is 16.8 Å². The quantitative estimate of drug-likeness (QED) is 0.842. The summed E-state index contributed by atoms with van der Waals surface area (Å²) in [6.45, 7) is -2.84. The minimum absolute atomic E-state index is 0.0908. The third kappa shape index (κ3) is 2.10. The molecule has 0 spiro atoms. The van der Waals surface area contributed by atoms with Crippen molar-refractivity contribution in [3.63, 3.8) is 0 Å². The maximum absolute atomic E-state index is 12.0. The van der Waals surface area contributed by atoms with E-state index in [0.717, 1.165) is 0 Å². The minimum Gasteiger partial charge on any atom is -0.435 e.